The van der Waals surface area contributed by atoms with Gasteiger partial charge in [0.2, 0.25) is 5.91 Å². The molecule has 0 radical (unpaired) electrons. The second-order valence-corrected chi connectivity index (χ2v) is 7.14. The maximum Gasteiger partial charge on any atom is 0.416 e. The Morgan fingerprint density at radius 2 is 1.85 bits per heavy atom. The van der Waals surface area contributed by atoms with E-state index in [1.54, 1.807) is 18.2 Å². The fraction of sp³-hybridized carbons (Fsp3) is 0.278. The van der Waals surface area contributed by atoms with Crippen molar-refractivity contribution >= 4 is 35.0 Å². The smallest absolute Gasteiger partial charge is 0.416 e. The predicted octanol–water partition coefficient (Wildman–Crippen LogP) is 5.25. The van der Waals surface area contributed by atoms with Gasteiger partial charge in [-0.05, 0) is 36.4 Å². The minimum atomic E-state index is -4.51. The lowest BCUT2D eigenvalue weighted by Gasteiger charge is -2.12. The van der Waals surface area contributed by atoms with Gasteiger partial charge in [0.05, 0.1) is 35.2 Å². The minimum absolute atomic E-state index is 0.00617. The summed E-state index contributed by atoms with van der Waals surface area (Å²) < 4.78 is 49.5. The fourth-order valence-corrected chi connectivity index (χ4v) is 3.26. The zero-order chi connectivity index (χ0) is 19.4. The van der Waals surface area contributed by atoms with E-state index in [4.69, 9.17) is 21.1 Å². The van der Waals surface area contributed by atoms with Crippen LogP contribution in [0.1, 0.15) is 12.0 Å². The van der Waals surface area contributed by atoms with E-state index in [0.29, 0.717) is 24.7 Å². The van der Waals surface area contributed by atoms with Crippen molar-refractivity contribution in [3.63, 3.8) is 0 Å². The average molecular weight is 418 g/mol. The Morgan fingerprint density at radius 3 is 2.59 bits per heavy atom. The fourth-order valence-electron chi connectivity index (χ4n) is 2.37. The molecule has 144 valence electrons. The van der Waals surface area contributed by atoms with Crippen molar-refractivity contribution in [3.05, 3.63) is 47.0 Å². The Labute approximate surface area is 163 Å². The van der Waals surface area contributed by atoms with Gasteiger partial charge < -0.3 is 14.8 Å². The van der Waals surface area contributed by atoms with Crippen LogP contribution >= 0.6 is 23.4 Å². The summed E-state index contributed by atoms with van der Waals surface area (Å²) in [7, 11) is 0. The van der Waals surface area contributed by atoms with Crippen LogP contribution in [0.25, 0.3) is 0 Å². The van der Waals surface area contributed by atoms with Crippen molar-refractivity contribution in [2.75, 3.05) is 24.3 Å². The maximum absolute atomic E-state index is 12.8. The molecule has 1 aliphatic rings. The van der Waals surface area contributed by atoms with Gasteiger partial charge in [0.25, 0.3) is 0 Å². The zero-order valence-electron chi connectivity index (χ0n) is 13.9. The molecule has 2 aromatic carbocycles. The number of carbonyl (C=O) groups excluding carboxylic acids is 1. The lowest BCUT2D eigenvalue weighted by atomic mass is 10.2. The van der Waals surface area contributed by atoms with E-state index in [0.717, 1.165) is 29.5 Å². The van der Waals surface area contributed by atoms with Gasteiger partial charge in [0.1, 0.15) is 0 Å². The van der Waals surface area contributed by atoms with Crippen molar-refractivity contribution in [1.29, 1.82) is 0 Å². The number of thioether (sulfide) groups is 1. The highest BCUT2D eigenvalue weighted by atomic mass is 35.5. The number of rotatable bonds is 4. The number of carbonyl (C=O) groups is 1. The third-order valence-corrected chi connectivity index (χ3v) is 4.98. The normalized spacial score (nSPS) is 13.8. The molecule has 1 N–H and O–H groups in total. The van der Waals surface area contributed by atoms with Gasteiger partial charge in [-0.3, -0.25) is 4.79 Å². The number of amides is 1. The van der Waals surface area contributed by atoms with Crippen LogP contribution in [0.4, 0.5) is 18.9 Å². The summed E-state index contributed by atoms with van der Waals surface area (Å²) in [4.78, 5) is 12.9. The van der Waals surface area contributed by atoms with Gasteiger partial charge >= 0.3 is 6.18 Å². The molecular formula is C18H15ClF3NO3S. The molecule has 0 spiro atoms. The molecule has 0 aliphatic carbocycles. The topological polar surface area (TPSA) is 47.6 Å². The Morgan fingerprint density at radius 1 is 1.11 bits per heavy atom. The number of halogens is 4. The van der Waals surface area contributed by atoms with Crippen LogP contribution in [0, 0.1) is 0 Å². The predicted molar refractivity (Wildman–Crippen MR) is 97.9 cm³/mol. The summed E-state index contributed by atoms with van der Waals surface area (Å²) >= 11 is 7.11. The number of hydrogen-bond donors (Lipinski definition) is 1. The van der Waals surface area contributed by atoms with Crippen LogP contribution in [0.3, 0.4) is 0 Å². The second-order valence-electron chi connectivity index (χ2n) is 5.69. The van der Waals surface area contributed by atoms with Crippen molar-refractivity contribution in [3.8, 4) is 11.5 Å². The van der Waals surface area contributed by atoms with Crippen molar-refractivity contribution in [2.24, 2.45) is 0 Å². The molecular weight excluding hydrogens is 403 g/mol. The van der Waals surface area contributed by atoms with E-state index in [9.17, 15) is 18.0 Å². The van der Waals surface area contributed by atoms with E-state index in [1.807, 2.05) is 0 Å². The Hall–Kier alpha value is -2.06. The third kappa shape index (κ3) is 5.23. The quantitative estimate of drug-likeness (QED) is 0.690. The average Bonchev–Trinajstić information content (AvgIpc) is 2.85. The summed E-state index contributed by atoms with van der Waals surface area (Å²) in [5.41, 5.74) is -0.950. The SMILES string of the molecule is O=C(CSc1ccc2c(c1)OCCCO2)Nc1cc(C(F)(F)F)ccc1Cl. The Kier molecular flexibility index (Phi) is 6.06. The Balaban J connectivity index is 1.63. The summed E-state index contributed by atoms with van der Waals surface area (Å²) in [6, 6.07) is 8.13. The third-order valence-electron chi connectivity index (χ3n) is 3.66. The summed E-state index contributed by atoms with van der Waals surface area (Å²) in [5.74, 6) is 0.802. The highest BCUT2D eigenvalue weighted by Crippen LogP contribution is 2.35. The van der Waals surface area contributed by atoms with Crippen LogP contribution in [0.15, 0.2) is 41.3 Å². The number of ether oxygens (including phenoxy) is 2. The maximum atomic E-state index is 12.8. The van der Waals surface area contributed by atoms with E-state index in [1.165, 1.54) is 11.8 Å². The monoisotopic (exact) mass is 417 g/mol. The minimum Gasteiger partial charge on any atom is -0.490 e. The van der Waals surface area contributed by atoms with Gasteiger partial charge in [-0.2, -0.15) is 13.2 Å². The molecule has 0 atom stereocenters. The highest BCUT2D eigenvalue weighted by Gasteiger charge is 2.31. The van der Waals surface area contributed by atoms with Crippen LogP contribution in [-0.2, 0) is 11.0 Å². The number of alkyl halides is 3. The molecule has 1 heterocycles. The molecule has 0 unspecified atom stereocenters. The molecule has 2 aromatic rings. The van der Waals surface area contributed by atoms with Crippen molar-refractivity contribution < 1.29 is 27.4 Å². The summed E-state index contributed by atoms with van der Waals surface area (Å²) in [5, 5.41) is 2.46. The van der Waals surface area contributed by atoms with Gasteiger partial charge in [-0.25, -0.2) is 0 Å². The second kappa shape index (κ2) is 8.31. The van der Waals surface area contributed by atoms with Gasteiger partial charge in [-0.1, -0.05) is 11.6 Å². The van der Waals surface area contributed by atoms with Gasteiger partial charge in [0, 0.05) is 11.3 Å². The molecule has 0 fully saturated rings. The van der Waals surface area contributed by atoms with Crippen molar-refractivity contribution in [1.82, 2.24) is 0 Å². The Bertz CT molecular complexity index is 845. The molecule has 0 saturated heterocycles. The molecule has 1 amide bonds. The van der Waals surface area contributed by atoms with E-state index in [-0.39, 0.29) is 16.5 Å². The number of nitrogens with one attached hydrogen (secondary N) is 1. The first-order valence-corrected chi connectivity index (χ1v) is 9.38. The molecule has 1 aliphatic heterocycles. The number of benzene rings is 2. The number of fused-ring (bicyclic) bond motifs is 1. The van der Waals surface area contributed by atoms with E-state index in [2.05, 4.69) is 5.32 Å². The van der Waals surface area contributed by atoms with Crippen LogP contribution in [0.5, 0.6) is 11.5 Å². The van der Waals surface area contributed by atoms with Crippen LogP contribution in [0.2, 0.25) is 5.02 Å². The number of hydrogen-bond acceptors (Lipinski definition) is 4. The molecule has 27 heavy (non-hydrogen) atoms. The van der Waals surface area contributed by atoms with E-state index >= 15 is 0 Å². The molecule has 0 bridgehead atoms. The van der Waals surface area contributed by atoms with E-state index < -0.39 is 17.6 Å². The van der Waals surface area contributed by atoms with Crippen LogP contribution in [-0.4, -0.2) is 24.9 Å². The molecule has 9 heteroatoms. The molecule has 3 rings (SSSR count). The lowest BCUT2D eigenvalue weighted by Crippen LogP contribution is -2.15. The molecule has 4 nitrogen and oxygen atoms in total. The summed E-state index contributed by atoms with van der Waals surface area (Å²) in [6.07, 6.45) is -3.72. The first kappa shape index (κ1) is 19.7. The first-order valence-electron chi connectivity index (χ1n) is 8.02. The molecule has 0 aromatic heterocycles. The standard InChI is InChI=1S/C18H15ClF3NO3S/c19-13-4-2-11(18(20,21)22)8-14(13)23-17(24)10-27-12-3-5-15-16(9-12)26-7-1-6-25-15/h2-5,8-9H,1,6-7,10H2,(H,23,24). The highest BCUT2D eigenvalue weighted by molar-refractivity contribution is 8.00. The van der Waals surface area contributed by atoms with Crippen LogP contribution < -0.4 is 14.8 Å². The van der Waals surface area contributed by atoms with Gasteiger partial charge in [0.15, 0.2) is 11.5 Å². The lowest BCUT2D eigenvalue weighted by molar-refractivity contribution is -0.137. The number of anilines is 1. The zero-order valence-corrected chi connectivity index (χ0v) is 15.5. The first-order chi connectivity index (χ1) is 12.8. The largest absolute Gasteiger partial charge is 0.490 e. The van der Waals surface area contributed by atoms with Crippen molar-refractivity contribution in [2.45, 2.75) is 17.5 Å². The summed E-state index contributed by atoms with van der Waals surface area (Å²) in [6.45, 7) is 1.13. The molecule has 0 saturated carbocycles. The van der Waals surface area contributed by atoms with Gasteiger partial charge in [-0.15, -0.1) is 11.8 Å².